The Bertz CT molecular complexity index is 877. The van der Waals surface area contributed by atoms with E-state index >= 15 is 0 Å². The lowest BCUT2D eigenvalue weighted by atomic mass is 10.2. The lowest BCUT2D eigenvalue weighted by molar-refractivity contribution is -0.135. The molecule has 8 heteroatoms. The molecule has 3 rings (SSSR count). The summed E-state index contributed by atoms with van der Waals surface area (Å²) in [6.45, 7) is 2.26. The van der Waals surface area contributed by atoms with Gasteiger partial charge in [-0.3, -0.25) is 4.79 Å². The molecule has 0 aliphatic carbocycles. The fourth-order valence-corrected chi connectivity index (χ4v) is 5.68. The largest absolute Gasteiger partial charge is 0.484 e. The van der Waals surface area contributed by atoms with Gasteiger partial charge in [0.1, 0.15) is 5.75 Å². The number of amides is 1. The van der Waals surface area contributed by atoms with Gasteiger partial charge in [0.05, 0.1) is 18.1 Å². The molecule has 1 aromatic carbocycles. The van der Waals surface area contributed by atoms with Crippen LogP contribution >= 0.6 is 22.9 Å². The molecule has 1 aliphatic heterocycles. The summed E-state index contributed by atoms with van der Waals surface area (Å²) in [4.78, 5) is 15.5. The highest BCUT2D eigenvalue weighted by atomic mass is 35.5. The Morgan fingerprint density at radius 2 is 2.04 bits per heavy atom. The first-order valence-electron chi connectivity index (χ1n) is 8.25. The minimum atomic E-state index is -3.08. The lowest BCUT2D eigenvalue weighted by Crippen LogP contribution is -2.43. The van der Waals surface area contributed by atoms with Gasteiger partial charge in [0.15, 0.2) is 16.4 Å². The van der Waals surface area contributed by atoms with Crippen molar-refractivity contribution in [2.45, 2.75) is 25.9 Å². The summed E-state index contributed by atoms with van der Waals surface area (Å²) in [5.41, 5.74) is 1.10. The summed E-state index contributed by atoms with van der Waals surface area (Å²) in [5, 5.41) is 2.57. The summed E-state index contributed by atoms with van der Waals surface area (Å²) in [5.74, 6) is 0.483. The first kappa shape index (κ1) is 19.2. The summed E-state index contributed by atoms with van der Waals surface area (Å²) in [6, 6.07) is 8.48. The van der Waals surface area contributed by atoms with Crippen molar-refractivity contribution >= 4 is 38.7 Å². The molecular formula is C18H20ClNO4S2. The van der Waals surface area contributed by atoms with Crippen molar-refractivity contribution in [2.24, 2.45) is 0 Å². The molecule has 1 saturated heterocycles. The molecule has 0 unspecified atom stereocenters. The van der Waals surface area contributed by atoms with Crippen molar-refractivity contribution in [3.05, 3.63) is 51.2 Å². The molecule has 0 spiro atoms. The summed E-state index contributed by atoms with van der Waals surface area (Å²) < 4.78 is 29.3. The Kier molecular flexibility index (Phi) is 5.89. The molecule has 1 aliphatic rings. The fourth-order valence-electron chi connectivity index (χ4n) is 2.92. The van der Waals surface area contributed by atoms with Gasteiger partial charge in [0, 0.05) is 15.9 Å². The summed E-state index contributed by atoms with van der Waals surface area (Å²) in [6.07, 6.45) is 0.472. The average molecular weight is 414 g/mol. The number of halogens is 1. The van der Waals surface area contributed by atoms with Gasteiger partial charge in [0.2, 0.25) is 0 Å². The van der Waals surface area contributed by atoms with Crippen molar-refractivity contribution in [3.8, 4) is 5.75 Å². The predicted octanol–water partition coefficient (Wildman–Crippen LogP) is 3.30. The Balaban J connectivity index is 1.72. The molecule has 1 fully saturated rings. The fraction of sp³-hybridized carbons (Fsp3) is 0.389. The van der Waals surface area contributed by atoms with E-state index in [1.54, 1.807) is 40.5 Å². The number of ether oxygens (including phenoxy) is 1. The summed E-state index contributed by atoms with van der Waals surface area (Å²) >= 11 is 7.42. The Labute approximate surface area is 162 Å². The number of carbonyl (C=O) groups excluding carboxylic acids is 1. The second-order valence-electron chi connectivity index (χ2n) is 6.35. The van der Waals surface area contributed by atoms with Crippen LogP contribution in [0.4, 0.5) is 0 Å². The van der Waals surface area contributed by atoms with Gasteiger partial charge in [-0.15, -0.1) is 11.3 Å². The number of benzene rings is 1. The standard InChI is InChI=1S/C18H20ClNO4S2/c1-13-6-8-25-17(13)10-20(15-7-9-26(22,23)12-15)18(21)11-24-16-4-2-14(19)3-5-16/h2-6,8,15H,7,9-12H2,1H3/t15-/m1/s1. The summed E-state index contributed by atoms with van der Waals surface area (Å²) in [7, 11) is -3.08. The van der Waals surface area contributed by atoms with Gasteiger partial charge in [-0.2, -0.15) is 0 Å². The molecule has 5 nitrogen and oxygen atoms in total. The highest BCUT2D eigenvalue weighted by Crippen LogP contribution is 2.24. The van der Waals surface area contributed by atoms with Gasteiger partial charge in [-0.05, 0) is 54.6 Å². The number of carbonyl (C=O) groups is 1. The molecule has 0 N–H and O–H groups in total. The van der Waals surface area contributed by atoms with Crippen LogP contribution in [0.15, 0.2) is 35.7 Å². The third-order valence-electron chi connectivity index (χ3n) is 4.43. The van der Waals surface area contributed by atoms with E-state index in [1.165, 1.54) is 0 Å². The molecule has 0 radical (unpaired) electrons. The SMILES string of the molecule is Cc1ccsc1CN(C(=O)COc1ccc(Cl)cc1)[C@@H]1CCS(=O)(=O)C1. The minimum absolute atomic E-state index is 0.0180. The van der Waals surface area contributed by atoms with E-state index in [4.69, 9.17) is 16.3 Å². The Hall–Kier alpha value is -1.57. The normalized spacial score (nSPS) is 18.6. The lowest BCUT2D eigenvalue weighted by Gasteiger charge is -2.28. The third-order valence-corrected chi connectivity index (χ3v) is 7.44. The Morgan fingerprint density at radius 1 is 1.31 bits per heavy atom. The highest BCUT2D eigenvalue weighted by molar-refractivity contribution is 7.91. The van der Waals surface area contributed by atoms with E-state index in [0.29, 0.717) is 23.7 Å². The molecular weight excluding hydrogens is 394 g/mol. The number of thiophene rings is 1. The first-order chi connectivity index (χ1) is 12.3. The van der Waals surface area contributed by atoms with Crippen LogP contribution in [0, 0.1) is 6.92 Å². The van der Waals surface area contributed by atoms with E-state index in [2.05, 4.69) is 0 Å². The van der Waals surface area contributed by atoms with Crippen molar-refractivity contribution < 1.29 is 17.9 Å². The van der Waals surface area contributed by atoms with Crippen LogP contribution in [0.2, 0.25) is 5.02 Å². The average Bonchev–Trinajstić information content (AvgIpc) is 3.16. The molecule has 1 amide bonds. The predicted molar refractivity (Wildman–Crippen MR) is 104 cm³/mol. The van der Waals surface area contributed by atoms with Crippen LogP contribution in [0.3, 0.4) is 0 Å². The van der Waals surface area contributed by atoms with Crippen LogP contribution in [0.25, 0.3) is 0 Å². The van der Waals surface area contributed by atoms with E-state index in [0.717, 1.165) is 10.4 Å². The maximum atomic E-state index is 12.8. The maximum Gasteiger partial charge on any atom is 0.261 e. The molecule has 1 aromatic heterocycles. The van der Waals surface area contributed by atoms with Gasteiger partial charge in [0.25, 0.3) is 5.91 Å². The van der Waals surface area contributed by atoms with Gasteiger partial charge in [-0.1, -0.05) is 11.6 Å². The zero-order chi connectivity index (χ0) is 18.7. The van der Waals surface area contributed by atoms with Gasteiger partial charge < -0.3 is 9.64 Å². The smallest absolute Gasteiger partial charge is 0.261 e. The van der Waals surface area contributed by atoms with Crippen LogP contribution < -0.4 is 4.74 Å². The number of nitrogens with zero attached hydrogens (tertiary/aromatic N) is 1. The second-order valence-corrected chi connectivity index (χ2v) is 10.0. The van der Waals surface area contributed by atoms with Crippen LogP contribution in [0.5, 0.6) is 5.75 Å². The highest BCUT2D eigenvalue weighted by Gasteiger charge is 2.35. The van der Waals surface area contributed by atoms with Crippen LogP contribution in [-0.2, 0) is 21.2 Å². The van der Waals surface area contributed by atoms with E-state index < -0.39 is 9.84 Å². The molecule has 2 aromatic rings. The second kappa shape index (κ2) is 7.98. The third kappa shape index (κ3) is 4.78. The van der Waals surface area contributed by atoms with E-state index in [-0.39, 0.29) is 30.1 Å². The number of sulfone groups is 1. The molecule has 140 valence electrons. The van der Waals surface area contributed by atoms with E-state index in [1.807, 2.05) is 18.4 Å². The molecule has 1 atom stereocenters. The van der Waals surface area contributed by atoms with Crippen molar-refractivity contribution in [3.63, 3.8) is 0 Å². The van der Waals surface area contributed by atoms with Crippen molar-refractivity contribution in [1.29, 1.82) is 0 Å². The first-order valence-corrected chi connectivity index (χ1v) is 11.3. The van der Waals surface area contributed by atoms with Crippen LogP contribution in [-0.4, -0.2) is 43.4 Å². The van der Waals surface area contributed by atoms with Gasteiger partial charge >= 0.3 is 0 Å². The zero-order valence-corrected chi connectivity index (χ0v) is 16.7. The topological polar surface area (TPSA) is 63.7 Å². The van der Waals surface area contributed by atoms with Crippen molar-refractivity contribution in [2.75, 3.05) is 18.1 Å². The number of aryl methyl sites for hydroxylation is 1. The van der Waals surface area contributed by atoms with E-state index in [9.17, 15) is 13.2 Å². The van der Waals surface area contributed by atoms with Crippen LogP contribution in [0.1, 0.15) is 16.9 Å². The molecule has 0 saturated carbocycles. The molecule has 2 heterocycles. The number of hydrogen-bond acceptors (Lipinski definition) is 5. The minimum Gasteiger partial charge on any atom is -0.484 e. The molecule has 0 bridgehead atoms. The quantitative estimate of drug-likeness (QED) is 0.728. The monoisotopic (exact) mass is 413 g/mol. The molecule has 26 heavy (non-hydrogen) atoms. The number of hydrogen-bond donors (Lipinski definition) is 0. The number of rotatable bonds is 6. The van der Waals surface area contributed by atoms with Crippen molar-refractivity contribution in [1.82, 2.24) is 4.90 Å². The maximum absolute atomic E-state index is 12.8. The zero-order valence-electron chi connectivity index (χ0n) is 14.4. The Morgan fingerprint density at radius 3 is 2.62 bits per heavy atom. The van der Waals surface area contributed by atoms with Gasteiger partial charge in [-0.25, -0.2) is 8.42 Å².